The average Bonchev–Trinajstić information content (AvgIpc) is 2.90. The molecule has 0 aliphatic carbocycles. The molecule has 24 heavy (non-hydrogen) atoms. The second-order valence-corrected chi connectivity index (χ2v) is 6.61. The van der Waals surface area contributed by atoms with Crippen LogP contribution in [0.5, 0.6) is 5.75 Å². The van der Waals surface area contributed by atoms with Crippen LogP contribution >= 0.6 is 0 Å². The number of nitriles is 1. The van der Waals surface area contributed by atoms with Gasteiger partial charge in [-0.05, 0) is 49.8 Å². The molecule has 4 rings (SSSR count). The van der Waals surface area contributed by atoms with Crippen LogP contribution in [0.3, 0.4) is 0 Å². The third-order valence-corrected chi connectivity index (χ3v) is 4.35. The number of rotatable bonds is 1. The summed E-state index contributed by atoms with van der Waals surface area (Å²) in [7, 11) is 0. The van der Waals surface area contributed by atoms with Crippen LogP contribution in [0.25, 0.3) is 5.70 Å². The Bertz CT molecular complexity index is 935. The first-order chi connectivity index (χ1) is 11.5. The second-order valence-electron chi connectivity index (χ2n) is 6.61. The first-order valence-corrected chi connectivity index (χ1v) is 7.85. The van der Waals surface area contributed by atoms with Crippen molar-refractivity contribution in [2.45, 2.75) is 26.0 Å². The monoisotopic (exact) mass is 316 g/mol. The van der Waals surface area contributed by atoms with Gasteiger partial charge in [-0.3, -0.25) is 4.79 Å². The van der Waals surface area contributed by atoms with Gasteiger partial charge in [0, 0.05) is 11.1 Å². The largest absolute Gasteiger partial charge is 0.483 e. The van der Waals surface area contributed by atoms with E-state index in [9.17, 15) is 10.1 Å². The van der Waals surface area contributed by atoms with Gasteiger partial charge in [-0.2, -0.15) is 5.26 Å². The third kappa shape index (κ3) is 2.17. The molecule has 2 aromatic carbocycles. The SMILES string of the molecule is CC1(C)C=C(N2Cc3ccccc3C2=O)c2cc(C#N)ccc2O1. The van der Waals surface area contributed by atoms with Crippen LogP contribution in [0, 0.1) is 11.3 Å². The highest BCUT2D eigenvalue weighted by molar-refractivity contribution is 6.04. The van der Waals surface area contributed by atoms with Crippen LogP contribution in [0.4, 0.5) is 0 Å². The molecule has 0 unspecified atom stereocenters. The molecule has 0 fully saturated rings. The minimum Gasteiger partial charge on any atom is -0.483 e. The summed E-state index contributed by atoms with van der Waals surface area (Å²) < 4.78 is 6.00. The Hall–Kier alpha value is -3.06. The standard InChI is InChI=1S/C20H16N2O2/c1-20(2)10-17(16-9-13(11-21)7-8-18(16)24-20)22-12-14-5-3-4-6-15(14)19(22)23/h3-10H,12H2,1-2H3. The van der Waals surface area contributed by atoms with Crippen molar-refractivity contribution in [2.24, 2.45) is 0 Å². The van der Waals surface area contributed by atoms with Gasteiger partial charge < -0.3 is 9.64 Å². The smallest absolute Gasteiger partial charge is 0.258 e. The van der Waals surface area contributed by atoms with Crippen molar-refractivity contribution in [3.05, 3.63) is 70.8 Å². The van der Waals surface area contributed by atoms with Gasteiger partial charge in [-0.15, -0.1) is 0 Å². The Morgan fingerprint density at radius 3 is 2.71 bits per heavy atom. The lowest BCUT2D eigenvalue weighted by Gasteiger charge is -2.34. The van der Waals surface area contributed by atoms with E-state index >= 15 is 0 Å². The van der Waals surface area contributed by atoms with Crippen molar-refractivity contribution in [3.63, 3.8) is 0 Å². The van der Waals surface area contributed by atoms with Crippen molar-refractivity contribution >= 4 is 11.6 Å². The molecule has 0 saturated heterocycles. The molecule has 2 aliphatic heterocycles. The fraction of sp³-hybridized carbons (Fsp3) is 0.200. The van der Waals surface area contributed by atoms with Crippen molar-refractivity contribution < 1.29 is 9.53 Å². The van der Waals surface area contributed by atoms with E-state index in [1.165, 1.54) is 0 Å². The lowest BCUT2D eigenvalue weighted by Crippen LogP contribution is -2.33. The predicted octanol–water partition coefficient (Wildman–Crippen LogP) is 3.73. The number of hydrogen-bond donors (Lipinski definition) is 0. The molecule has 0 radical (unpaired) electrons. The molecule has 0 aromatic heterocycles. The second kappa shape index (κ2) is 4.97. The number of ether oxygens (including phenoxy) is 1. The zero-order chi connectivity index (χ0) is 16.9. The van der Waals surface area contributed by atoms with E-state index in [1.54, 1.807) is 23.1 Å². The minimum absolute atomic E-state index is 0.0112. The van der Waals surface area contributed by atoms with Crippen molar-refractivity contribution in [3.8, 4) is 11.8 Å². The number of amides is 1. The molecular weight excluding hydrogens is 300 g/mol. The quantitative estimate of drug-likeness (QED) is 0.805. The molecule has 0 N–H and O–H groups in total. The van der Waals surface area contributed by atoms with Gasteiger partial charge in [0.25, 0.3) is 5.91 Å². The number of carbonyl (C=O) groups is 1. The average molecular weight is 316 g/mol. The van der Waals surface area contributed by atoms with E-state index in [2.05, 4.69) is 6.07 Å². The van der Waals surface area contributed by atoms with Gasteiger partial charge in [-0.1, -0.05) is 18.2 Å². The Morgan fingerprint density at radius 1 is 1.17 bits per heavy atom. The van der Waals surface area contributed by atoms with Crippen molar-refractivity contribution in [1.29, 1.82) is 5.26 Å². The van der Waals surface area contributed by atoms with Gasteiger partial charge in [0.2, 0.25) is 0 Å². The van der Waals surface area contributed by atoms with Gasteiger partial charge in [0.15, 0.2) is 0 Å². The van der Waals surface area contributed by atoms with Gasteiger partial charge >= 0.3 is 0 Å². The molecule has 1 amide bonds. The summed E-state index contributed by atoms with van der Waals surface area (Å²) in [6.45, 7) is 4.46. The maximum Gasteiger partial charge on any atom is 0.258 e. The fourth-order valence-corrected chi connectivity index (χ4v) is 3.28. The zero-order valence-electron chi connectivity index (χ0n) is 13.5. The summed E-state index contributed by atoms with van der Waals surface area (Å²) >= 11 is 0. The number of carbonyl (C=O) groups excluding carboxylic acids is 1. The highest BCUT2D eigenvalue weighted by Crippen LogP contribution is 2.41. The molecule has 0 bridgehead atoms. The molecule has 4 heteroatoms. The molecular formula is C20H16N2O2. The number of hydrogen-bond acceptors (Lipinski definition) is 3. The van der Waals surface area contributed by atoms with Crippen LogP contribution in [-0.4, -0.2) is 16.4 Å². The van der Waals surface area contributed by atoms with Crippen LogP contribution < -0.4 is 4.74 Å². The highest BCUT2D eigenvalue weighted by Gasteiger charge is 2.35. The molecule has 0 spiro atoms. The summed E-state index contributed by atoms with van der Waals surface area (Å²) in [6.07, 6.45) is 1.96. The van der Waals surface area contributed by atoms with Gasteiger partial charge in [0.05, 0.1) is 23.9 Å². The Balaban J connectivity index is 1.85. The van der Waals surface area contributed by atoms with Crippen LogP contribution in [-0.2, 0) is 6.54 Å². The number of benzene rings is 2. The molecule has 0 saturated carbocycles. The lowest BCUT2D eigenvalue weighted by molar-refractivity contribution is 0.0848. The van der Waals surface area contributed by atoms with E-state index in [0.29, 0.717) is 17.9 Å². The molecule has 0 atom stereocenters. The van der Waals surface area contributed by atoms with Crippen LogP contribution in [0.1, 0.15) is 40.9 Å². The summed E-state index contributed by atoms with van der Waals surface area (Å²) in [5, 5.41) is 9.20. The van der Waals surface area contributed by atoms with Crippen LogP contribution in [0.15, 0.2) is 48.5 Å². The van der Waals surface area contributed by atoms with E-state index < -0.39 is 5.60 Å². The molecule has 118 valence electrons. The lowest BCUT2D eigenvalue weighted by atomic mass is 9.97. The normalized spacial score (nSPS) is 17.5. The first-order valence-electron chi connectivity index (χ1n) is 7.85. The maximum atomic E-state index is 12.9. The summed E-state index contributed by atoms with van der Waals surface area (Å²) in [4.78, 5) is 14.6. The van der Waals surface area contributed by atoms with Gasteiger partial charge in [-0.25, -0.2) is 0 Å². The van der Waals surface area contributed by atoms with E-state index in [1.807, 2.05) is 44.2 Å². The number of fused-ring (bicyclic) bond motifs is 2. The summed E-state index contributed by atoms with van der Waals surface area (Å²) in [5.41, 5.74) is 3.37. The van der Waals surface area contributed by atoms with Crippen molar-refractivity contribution in [1.82, 2.24) is 4.90 Å². The molecule has 2 aliphatic rings. The molecule has 2 aromatic rings. The number of nitrogens with zero attached hydrogens (tertiary/aromatic N) is 2. The predicted molar refractivity (Wildman–Crippen MR) is 90.2 cm³/mol. The minimum atomic E-state index is -0.522. The Labute approximate surface area is 140 Å². The fourth-order valence-electron chi connectivity index (χ4n) is 3.28. The maximum absolute atomic E-state index is 12.9. The third-order valence-electron chi connectivity index (χ3n) is 4.35. The molecule has 2 heterocycles. The topological polar surface area (TPSA) is 53.3 Å². The van der Waals surface area contributed by atoms with E-state index in [4.69, 9.17) is 4.74 Å². The summed E-state index contributed by atoms with van der Waals surface area (Å²) in [5.74, 6) is 0.683. The van der Waals surface area contributed by atoms with E-state index in [0.717, 1.165) is 22.4 Å². The van der Waals surface area contributed by atoms with Gasteiger partial charge in [0.1, 0.15) is 11.4 Å². The first kappa shape index (κ1) is 14.5. The Kier molecular flexibility index (Phi) is 3.01. The molecule has 4 nitrogen and oxygen atoms in total. The van der Waals surface area contributed by atoms with Crippen molar-refractivity contribution in [2.75, 3.05) is 0 Å². The van der Waals surface area contributed by atoms with E-state index in [-0.39, 0.29) is 5.91 Å². The zero-order valence-corrected chi connectivity index (χ0v) is 13.5. The highest BCUT2D eigenvalue weighted by atomic mass is 16.5. The Morgan fingerprint density at radius 2 is 1.96 bits per heavy atom. The summed E-state index contributed by atoms with van der Waals surface area (Å²) in [6, 6.07) is 15.1. The van der Waals surface area contributed by atoms with Crippen LogP contribution in [0.2, 0.25) is 0 Å².